The Bertz CT molecular complexity index is 1090. The fraction of sp³-hybridized carbons (Fsp3) is 0.105. The summed E-state index contributed by atoms with van der Waals surface area (Å²) in [7, 11) is 1.57. The number of hydrogen-bond donors (Lipinski definition) is 0. The second-order valence-corrected chi connectivity index (χ2v) is 5.43. The zero-order chi connectivity index (χ0) is 15.3. The van der Waals surface area contributed by atoms with Gasteiger partial charge in [-0.1, -0.05) is 35.9 Å². The van der Waals surface area contributed by atoms with Crippen LogP contribution in [-0.2, 0) is 0 Å². The van der Waals surface area contributed by atoms with E-state index in [1.165, 1.54) is 0 Å². The van der Waals surface area contributed by atoms with E-state index in [9.17, 15) is 4.79 Å². The number of para-hydroxylation sites is 1. The van der Waals surface area contributed by atoms with Gasteiger partial charge >= 0.3 is 0 Å². The highest BCUT2D eigenvalue weighted by Crippen LogP contribution is 2.30. The molecule has 0 unspecified atom stereocenters. The van der Waals surface area contributed by atoms with E-state index in [4.69, 9.17) is 9.15 Å². The second kappa shape index (κ2) is 4.60. The highest BCUT2D eigenvalue weighted by Gasteiger charge is 2.13. The van der Waals surface area contributed by atoms with Crippen LogP contribution in [0.1, 0.15) is 5.56 Å². The average molecular weight is 290 g/mol. The van der Waals surface area contributed by atoms with Crippen LogP contribution in [0, 0.1) is 6.92 Å². The van der Waals surface area contributed by atoms with E-state index in [1.807, 2.05) is 37.3 Å². The maximum atomic E-state index is 13.0. The molecule has 0 spiro atoms. The molecule has 0 aliphatic carbocycles. The minimum absolute atomic E-state index is 0.0219. The number of hydrogen-bond acceptors (Lipinski definition) is 3. The molecule has 1 aromatic heterocycles. The molecule has 4 rings (SSSR count). The van der Waals surface area contributed by atoms with E-state index in [0.29, 0.717) is 27.7 Å². The molecule has 0 fully saturated rings. The number of benzene rings is 3. The smallest absolute Gasteiger partial charge is 0.201 e. The number of methoxy groups -OCH3 is 1. The Kier molecular flexibility index (Phi) is 2.70. The van der Waals surface area contributed by atoms with Crippen molar-refractivity contribution in [1.82, 2.24) is 0 Å². The third kappa shape index (κ3) is 1.72. The van der Waals surface area contributed by atoms with Gasteiger partial charge in [-0.2, -0.15) is 0 Å². The van der Waals surface area contributed by atoms with E-state index in [-0.39, 0.29) is 5.43 Å². The summed E-state index contributed by atoms with van der Waals surface area (Å²) in [5, 5.41) is 3.13. The molecule has 0 saturated carbocycles. The Morgan fingerprint density at radius 2 is 1.82 bits per heavy atom. The molecule has 0 amide bonds. The molecule has 0 aliphatic heterocycles. The Hall–Kier alpha value is -2.81. The summed E-state index contributed by atoms with van der Waals surface area (Å²) in [6.07, 6.45) is 0. The van der Waals surface area contributed by atoms with E-state index < -0.39 is 0 Å². The summed E-state index contributed by atoms with van der Waals surface area (Å²) in [5.41, 5.74) is 2.17. The zero-order valence-electron chi connectivity index (χ0n) is 12.3. The summed E-state index contributed by atoms with van der Waals surface area (Å²) < 4.78 is 11.3. The first-order chi connectivity index (χ1) is 10.7. The van der Waals surface area contributed by atoms with Crippen molar-refractivity contribution >= 4 is 32.7 Å². The van der Waals surface area contributed by atoms with Crippen molar-refractivity contribution in [3.8, 4) is 5.75 Å². The van der Waals surface area contributed by atoms with Gasteiger partial charge in [0, 0.05) is 0 Å². The molecule has 3 heteroatoms. The summed E-state index contributed by atoms with van der Waals surface area (Å²) in [4.78, 5) is 13.0. The molecule has 0 N–H and O–H groups in total. The molecule has 108 valence electrons. The predicted molar refractivity (Wildman–Crippen MR) is 88.8 cm³/mol. The molecule has 4 aromatic rings. The van der Waals surface area contributed by atoms with Gasteiger partial charge < -0.3 is 9.15 Å². The van der Waals surface area contributed by atoms with Gasteiger partial charge in [-0.05, 0) is 35.9 Å². The SMILES string of the molecule is COc1cccc2c(=O)c3c(ccc4ccc(C)cc43)oc12. The van der Waals surface area contributed by atoms with Gasteiger partial charge in [-0.25, -0.2) is 0 Å². The minimum atomic E-state index is -0.0219. The minimum Gasteiger partial charge on any atom is -0.493 e. The Balaban J connectivity index is 2.30. The maximum Gasteiger partial charge on any atom is 0.201 e. The third-order valence-corrected chi connectivity index (χ3v) is 4.02. The number of aryl methyl sites for hydroxylation is 1. The maximum absolute atomic E-state index is 13.0. The van der Waals surface area contributed by atoms with E-state index in [1.54, 1.807) is 25.3 Å². The summed E-state index contributed by atoms with van der Waals surface area (Å²) in [6.45, 7) is 2.02. The van der Waals surface area contributed by atoms with Crippen LogP contribution in [-0.4, -0.2) is 7.11 Å². The van der Waals surface area contributed by atoms with Crippen molar-refractivity contribution in [2.24, 2.45) is 0 Å². The van der Waals surface area contributed by atoms with Crippen LogP contribution in [0.15, 0.2) is 57.7 Å². The highest BCUT2D eigenvalue weighted by molar-refractivity contribution is 6.08. The standard InChI is InChI=1S/C19H14O3/c1-11-6-7-12-8-9-15-17(14(12)10-11)18(20)13-4-3-5-16(21-2)19(13)22-15/h3-10H,1-2H3. The predicted octanol–water partition coefficient (Wildman–Crippen LogP) is 4.42. The van der Waals surface area contributed by atoms with Crippen LogP contribution in [0.25, 0.3) is 32.7 Å². The van der Waals surface area contributed by atoms with Crippen molar-refractivity contribution in [3.63, 3.8) is 0 Å². The van der Waals surface area contributed by atoms with Gasteiger partial charge in [-0.3, -0.25) is 4.79 Å². The van der Waals surface area contributed by atoms with Gasteiger partial charge in [0.05, 0.1) is 17.9 Å². The Morgan fingerprint density at radius 1 is 1.00 bits per heavy atom. The van der Waals surface area contributed by atoms with Crippen LogP contribution >= 0.6 is 0 Å². The molecule has 0 bridgehead atoms. The van der Waals surface area contributed by atoms with Gasteiger partial charge in [0.2, 0.25) is 5.43 Å². The zero-order valence-corrected chi connectivity index (χ0v) is 12.3. The molecule has 0 radical (unpaired) electrons. The molecule has 0 atom stereocenters. The summed E-state index contributed by atoms with van der Waals surface area (Å²) in [5.74, 6) is 0.570. The van der Waals surface area contributed by atoms with Gasteiger partial charge in [0.1, 0.15) is 5.58 Å². The fourth-order valence-corrected chi connectivity index (χ4v) is 2.94. The lowest BCUT2D eigenvalue weighted by Gasteiger charge is -2.08. The first-order valence-corrected chi connectivity index (χ1v) is 7.12. The summed E-state index contributed by atoms with van der Waals surface area (Å²) >= 11 is 0. The van der Waals surface area contributed by atoms with Gasteiger partial charge in [-0.15, -0.1) is 0 Å². The fourth-order valence-electron chi connectivity index (χ4n) is 2.94. The number of fused-ring (bicyclic) bond motifs is 4. The molecule has 3 nitrogen and oxygen atoms in total. The number of ether oxygens (including phenoxy) is 1. The van der Waals surface area contributed by atoms with Crippen molar-refractivity contribution in [1.29, 1.82) is 0 Å². The lowest BCUT2D eigenvalue weighted by Crippen LogP contribution is -2.03. The van der Waals surface area contributed by atoms with Crippen molar-refractivity contribution in [2.75, 3.05) is 7.11 Å². The van der Waals surface area contributed by atoms with Crippen LogP contribution in [0.4, 0.5) is 0 Å². The number of rotatable bonds is 1. The molecule has 0 aliphatic rings. The van der Waals surface area contributed by atoms with E-state index in [0.717, 1.165) is 16.3 Å². The van der Waals surface area contributed by atoms with Crippen molar-refractivity contribution < 1.29 is 9.15 Å². The Labute approximate surface area is 126 Å². The first-order valence-electron chi connectivity index (χ1n) is 7.12. The van der Waals surface area contributed by atoms with Gasteiger partial charge in [0.25, 0.3) is 0 Å². The average Bonchev–Trinajstić information content (AvgIpc) is 2.54. The van der Waals surface area contributed by atoms with Gasteiger partial charge in [0.15, 0.2) is 11.3 Å². The van der Waals surface area contributed by atoms with Crippen LogP contribution in [0.5, 0.6) is 5.75 Å². The van der Waals surface area contributed by atoms with E-state index in [2.05, 4.69) is 0 Å². The normalized spacial score (nSPS) is 11.4. The summed E-state index contributed by atoms with van der Waals surface area (Å²) in [6, 6.07) is 15.3. The Morgan fingerprint density at radius 3 is 2.64 bits per heavy atom. The molecule has 1 heterocycles. The van der Waals surface area contributed by atoms with Crippen molar-refractivity contribution in [2.45, 2.75) is 6.92 Å². The largest absolute Gasteiger partial charge is 0.493 e. The molecular formula is C19H14O3. The molecular weight excluding hydrogens is 276 g/mol. The van der Waals surface area contributed by atoms with Crippen LogP contribution in [0.3, 0.4) is 0 Å². The monoisotopic (exact) mass is 290 g/mol. The molecule has 0 saturated heterocycles. The first kappa shape index (κ1) is 12.9. The van der Waals surface area contributed by atoms with E-state index >= 15 is 0 Å². The molecule has 22 heavy (non-hydrogen) atoms. The second-order valence-electron chi connectivity index (χ2n) is 5.43. The molecule has 3 aromatic carbocycles. The lowest BCUT2D eigenvalue weighted by molar-refractivity contribution is 0.411. The third-order valence-electron chi connectivity index (χ3n) is 4.02. The highest BCUT2D eigenvalue weighted by atomic mass is 16.5. The lowest BCUT2D eigenvalue weighted by atomic mass is 10.0. The topological polar surface area (TPSA) is 39.4 Å². The van der Waals surface area contributed by atoms with Crippen LogP contribution in [0.2, 0.25) is 0 Å². The van der Waals surface area contributed by atoms with Crippen LogP contribution < -0.4 is 10.2 Å². The quantitative estimate of drug-likeness (QED) is 0.385. The van der Waals surface area contributed by atoms with Crippen molar-refractivity contribution in [3.05, 3.63) is 64.3 Å².